The lowest BCUT2D eigenvalue weighted by atomic mass is 10.1. The number of rotatable bonds is 3. The van der Waals surface area contributed by atoms with Crippen molar-refractivity contribution < 1.29 is 32.6 Å². The van der Waals surface area contributed by atoms with Gasteiger partial charge in [-0.15, -0.1) is 0 Å². The van der Waals surface area contributed by atoms with Crippen LogP contribution in [0.2, 0.25) is 0 Å². The van der Waals surface area contributed by atoms with Crippen LogP contribution in [0.25, 0.3) is 33.3 Å². The van der Waals surface area contributed by atoms with Crippen molar-refractivity contribution in [1.29, 1.82) is 0 Å². The fourth-order valence-corrected chi connectivity index (χ4v) is 2.76. The molecule has 0 aliphatic heterocycles. The number of hydrogen-bond acceptors (Lipinski definition) is 5. The second-order valence-electron chi connectivity index (χ2n) is 6.21. The van der Waals surface area contributed by atoms with Gasteiger partial charge in [-0.05, 0) is 30.3 Å². The number of carbonyl (C=O) groups is 2. The van der Waals surface area contributed by atoms with Crippen LogP contribution in [0.5, 0.6) is 5.75 Å². The first-order chi connectivity index (χ1) is 14.6. The van der Waals surface area contributed by atoms with E-state index >= 15 is 0 Å². The monoisotopic (exact) mass is 435 g/mol. The molecule has 162 valence electrons. The van der Waals surface area contributed by atoms with E-state index in [1.807, 2.05) is 18.2 Å². The molecule has 2 aromatic heterocycles. The van der Waals surface area contributed by atoms with Crippen LogP contribution in [-0.2, 0) is 4.79 Å². The Morgan fingerprint density at radius 3 is 2.48 bits per heavy atom. The summed E-state index contributed by atoms with van der Waals surface area (Å²) in [6.07, 6.45) is -3.35. The molecule has 0 unspecified atom stereocenters. The number of amides is 1. The smallest absolute Gasteiger partial charge is 0.490 e. The molecule has 0 bridgehead atoms. The maximum absolute atomic E-state index is 11.8. The Balaban J connectivity index is 0.000000339. The van der Waals surface area contributed by atoms with Crippen LogP contribution in [0.1, 0.15) is 10.4 Å². The number of carboxylic acid groups (broad SMARTS) is 1. The molecule has 0 saturated heterocycles. The predicted molar refractivity (Wildman–Crippen MR) is 105 cm³/mol. The summed E-state index contributed by atoms with van der Waals surface area (Å²) in [5.41, 5.74) is 3.93. The highest BCUT2D eigenvalue weighted by Gasteiger charge is 2.38. The third kappa shape index (κ3) is 4.57. The van der Waals surface area contributed by atoms with Crippen LogP contribution in [0.15, 0.2) is 36.5 Å². The average Bonchev–Trinajstić information content (AvgIpc) is 3.38. The quantitative estimate of drug-likeness (QED) is 0.391. The minimum atomic E-state index is -5.08. The number of ether oxygens (including phenoxy) is 1. The molecule has 2 heterocycles. The van der Waals surface area contributed by atoms with E-state index in [4.69, 9.17) is 14.6 Å². The molecule has 0 radical (unpaired) electrons. The zero-order valence-electron chi connectivity index (χ0n) is 16.2. The lowest BCUT2D eigenvalue weighted by Gasteiger charge is -2.04. The molecule has 0 atom stereocenters. The van der Waals surface area contributed by atoms with Crippen LogP contribution in [0, 0.1) is 0 Å². The van der Waals surface area contributed by atoms with Gasteiger partial charge in [0.05, 0.1) is 35.2 Å². The number of fused-ring (bicyclic) bond motifs is 2. The van der Waals surface area contributed by atoms with Crippen molar-refractivity contribution in [2.24, 2.45) is 0 Å². The number of hydrogen-bond donors (Lipinski definition) is 4. The second-order valence-corrected chi connectivity index (χ2v) is 6.21. The summed E-state index contributed by atoms with van der Waals surface area (Å²) >= 11 is 0. The standard InChI is InChI=1S/C17H15N5O2.C2HF3O2/c1-18-17(23)9-3-4-12-14(5-9)21-16(20-12)10-6-13-11(8-19-22-13)15(7-10)24-2;3-2(4,5)1(6)7/h3-8H,1-2H3,(H,18,23)(H,19,22)(H,20,21);(H,6,7). The zero-order chi connectivity index (χ0) is 22.8. The zero-order valence-corrected chi connectivity index (χ0v) is 16.2. The molecule has 4 aromatic rings. The number of aromatic amines is 2. The van der Waals surface area contributed by atoms with Crippen LogP contribution in [-0.4, -0.2) is 57.5 Å². The summed E-state index contributed by atoms with van der Waals surface area (Å²) in [5.74, 6) is -1.46. The van der Waals surface area contributed by atoms with Gasteiger partial charge in [0, 0.05) is 18.2 Å². The number of alkyl halides is 3. The minimum Gasteiger partial charge on any atom is -0.496 e. The van der Waals surface area contributed by atoms with E-state index in [9.17, 15) is 18.0 Å². The summed E-state index contributed by atoms with van der Waals surface area (Å²) in [6, 6.07) is 9.24. The van der Waals surface area contributed by atoms with Gasteiger partial charge in [0.1, 0.15) is 11.6 Å². The van der Waals surface area contributed by atoms with E-state index in [1.54, 1.807) is 32.5 Å². The molecule has 0 aliphatic carbocycles. The van der Waals surface area contributed by atoms with Gasteiger partial charge in [-0.1, -0.05) is 0 Å². The Morgan fingerprint density at radius 1 is 1.16 bits per heavy atom. The van der Waals surface area contributed by atoms with E-state index in [0.29, 0.717) is 11.4 Å². The number of nitrogens with one attached hydrogen (secondary N) is 3. The fraction of sp³-hybridized carbons (Fsp3) is 0.158. The first kappa shape index (κ1) is 21.6. The molecule has 4 rings (SSSR count). The highest BCUT2D eigenvalue weighted by atomic mass is 19.4. The van der Waals surface area contributed by atoms with Crippen molar-refractivity contribution in [2.45, 2.75) is 6.18 Å². The van der Waals surface area contributed by atoms with Crippen LogP contribution in [0.4, 0.5) is 13.2 Å². The fourth-order valence-electron chi connectivity index (χ4n) is 2.76. The minimum absolute atomic E-state index is 0.131. The number of H-pyrrole nitrogens is 2. The number of benzene rings is 2. The maximum atomic E-state index is 11.8. The summed E-state index contributed by atoms with van der Waals surface area (Å²) in [6.45, 7) is 0. The lowest BCUT2D eigenvalue weighted by Crippen LogP contribution is -2.21. The Morgan fingerprint density at radius 2 is 1.87 bits per heavy atom. The molecule has 0 saturated carbocycles. The second kappa shape index (κ2) is 8.34. The number of carbonyl (C=O) groups excluding carboxylic acids is 1. The Bertz CT molecular complexity index is 1260. The van der Waals surface area contributed by atoms with Crippen molar-refractivity contribution in [3.05, 3.63) is 42.1 Å². The van der Waals surface area contributed by atoms with E-state index < -0.39 is 12.1 Å². The normalized spacial score (nSPS) is 11.1. The third-order valence-electron chi connectivity index (χ3n) is 4.23. The average molecular weight is 435 g/mol. The molecular weight excluding hydrogens is 419 g/mol. The highest BCUT2D eigenvalue weighted by molar-refractivity contribution is 5.97. The third-order valence-corrected chi connectivity index (χ3v) is 4.23. The first-order valence-electron chi connectivity index (χ1n) is 8.67. The molecule has 31 heavy (non-hydrogen) atoms. The molecule has 9 nitrogen and oxygen atoms in total. The molecule has 12 heteroatoms. The van der Waals surface area contributed by atoms with Crippen molar-refractivity contribution in [1.82, 2.24) is 25.5 Å². The Kier molecular flexibility index (Phi) is 5.81. The van der Waals surface area contributed by atoms with Gasteiger partial charge in [0.2, 0.25) is 0 Å². The van der Waals surface area contributed by atoms with Crippen LogP contribution >= 0.6 is 0 Å². The van der Waals surface area contributed by atoms with Crippen LogP contribution in [0.3, 0.4) is 0 Å². The summed E-state index contributed by atoms with van der Waals surface area (Å²) in [7, 11) is 3.23. The highest BCUT2D eigenvalue weighted by Crippen LogP contribution is 2.31. The van der Waals surface area contributed by atoms with Gasteiger partial charge in [-0.2, -0.15) is 18.3 Å². The van der Waals surface area contributed by atoms with Gasteiger partial charge >= 0.3 is 12.1 Å². The molecular formula is C19H16F3N5O4. The van der Waals surface area contributed by atoms with E-state index in [2.05, 4.69) is 25.5 Å². The van der Waals surface area contributed by atoms with Gasteiger partial charge in [0.25, 0.3) is 5.91 Å². The largest absolute Gasteiger partial charge is 0.496 e. The molecule has 1 amide bonds. The molecule has 0 fully saturated rings. The lowest BCUT2D eigenvalue weighted by molar-refractivity contribution is -0.192. The van der Waals surface area contributed by atoms with Gasteiger partial charge < -0.3 is 20.1 Å². The van der Waals surface area contributed by atoms with Crippen molar-refractivity contribution >= 4 is 33.8 Å². The first-order valence-corrected chi connectivity index (χ1v) is 8.67. The number of aliphatic carboxylic acids is 1. The molecule has 0 spiro atoms. The number of aromatic nitrogens is 4. The van der Waals surface area contributed by atoms with Gasteiger partial charge in [-0.3, -0.25) is 9.89 Å². The number of carboxylic acids is 1. The topological polar surface area (TPSA) is 133 Å². The van der Waals surface area contributed by atoms with E-state index in [0.717, 1.165) is 33.2 Å². The number of imidazole rings is 1. The maximum Gasteiger partial charge on any atom is 0.490 e. The van der Waals surface area contributed by atoms with Crippen molar-refractivity contribution in [3.63, 3.8) is 0 Å². The summed E-state index contributed by atoms with van der Waals surface area (Å²) in [4.78, 5) is 28.5. The van der Waals surface area contributed by atoms with Gasteiger partial charge in [0.15, 0.2) is 0 Å². The van der Waals surface area contributed by atoms with E-state index in [-0.39, 0.29) is 5.91 Å². The molecule has 0 aliphatic rings. The molecule has 4 N–H and O–H groups in total. The number of halogens is 3. The number of nitrogens with zero attached hydrogens (tertiary/aromatic N) is 2. The number of methoxy groups -OCH3 is 1. The summed E-state index contributed by atoms with van der Waals surface area (Å²) < 4.78 is 37.2. The van der Waals surface area contributed by atoms with Crippen molar-refractivity contribution in [3.8, 4) is 17.1 Å². The SMILES string of the molecule is CNC(=O)c1ccc2nc(-c3cc(OC)c4cn[nH]c4c3)[nH]c2c1.O=C(O)C(F)(F)F. The Hall–Kier alpha value is -4.09. The molecule has 2 aromatic carbocycles. The van der Waals surface area contributed by atoms with Gasteiger partial charge in [-0.25, -0.2) is 9.78 Å². The van der Waals surface area contributed by atoms with Crippen LogP contribution < -0.4 is 10.1 Å². The van der Waals surface area contributed by atoms with Crippen molar-refractivity contribution in [2.75, 3.05) is 14.2 Å². The summed E-state index contributed by atoms with van der Waals surface area (Å²) in [5, 5.41) is 17.6. The Labute approximate surface area is 172 Å². The predicted octanol–water partition coefficient (Wildman–Crippen LogP) is 3.11. The van der Waals surface area contributed by atoms with E-state index in [1.165, 1.54) is 0 Å².